The third kappa shape index (κ3) is 5.70. The van der Waals surface area contributed by atoms with Gasteiger partial charge in [-0.1, -0.05) is 21.0 Å². The zero-order valence-electron chi connectivity index (χ0n) is 12.8. The van der Waals surface area contributed by atoms with Crippen LogP contribution in [0.2, 0.25) is 0 Å². The number of halogens is 1. The van der Waals surface area contributed by atoms with Crippen LogP contribution in [0.4, 0.5) is 4.79 Å². The molecule has 22 heavy (non-hydrogen) atoms. The van der Waals surface area contributed by atoms with Crippen molar-refractivity contribution in [3.05, 3.63) is 10.4 Å². The number of nitrogens with zero attached hydrogens (tertiary/aromatic N) is 3. The Kier molecular flexibility index (Phi) is 6.46. The topological polar surface area (TPSA) is 123 Å². The Morgan fingerprint density at radius 3 is 2.59 bits per heavy atom. The van der Waals surface area contributed by atoms with Gasteiger partial charge < -0.3 is 19.5 Å². The summed E-state index contributed by atoms with van der Waals surface area (Å²) in [5, 5.41) is 5.57. The summed E-state index contributed by atoms with van der Waals surface area (Å²) in [4.78, 5) is 25.9. The van der Waals surface area contributed by atoms with Crippen LogP contribution in [0.15, 0.2) is 5.11 Å². The summed E-state index contributed by atoms with van der Waals surface area (Å²) in [7, 11) is 0. The first kappa shape index (κ1) is 18.5. The van der Waals surface area contributed by atoms with Gasteiger partial charge in [-0.25, -0.2) is 4.79 Å². The van der Waals surface area contributed by atoms with Crippen molar-refractivity contribution >= 4 is 28.0 Å². The van der Waals surface area contributed by atoms with Crippen molar-refractivity contribution in [2.75, 3.05) is 6.61 Å². The Hall–Kier alpha value is -1.51. The first-order chi connectivity index (χ1) is 10.1. The molecule has 0 spiro atoms. The molecule has 1 aliphatic heterocycles. The van der Waals surface area contributed by atoms with E-state index in [1.54, 1.807) is 20.8 Å². The first-order valence-electron chi connectivity index (χ1n) is 6.60. The molecule has 0 bridgehead atoms. The van der Waals surface area contributed by atoms with E-state index >= 15 is 0 Å². The maximum Gasteiger partial charge on any atom is 0.408 e. The molecule has 4 atom stereocenters. The van der Waals surface area contributed by atoms with Gasteiger partial charge in [0.2, 0.25) is 0 Å². The molecule has 0 saturated carbocycles. The van der Waals surface area contributed by atoms with Gasteiger partial charge in [-0.15, -0.1) is 0 Å². The quantitative estimate of drug-likeness (QED) is 0.265. The van der Waals surface area contributed by atoms with Gasteiger partial charge in [0.15, 0.2) is 0 Å². The van der Waals surface area contributed by atoms with E-state index in [2.05, 4.69) is 31.3 Å². The molecule has 1 amide bonds. The molecule has 0 aliphatic carbocycles. The van der Waals surface area contributed by atoms with E-state index in [0.29, 0.717) is 0 Å². The second kappa shape index (κ2) is 7.66. The molecule has 0 aromatic heterocycles. The number of rotatable bonds is 3. The first-order valence-corrected chi connectivity index (χ1v) is 7.52. The van der Waals surface area contributed by atoms with Crippen molar-refractivity contribution in [3.63, 3.8) is 0 Å². The van der Waals surface area contributed by atoms with Gasteiger partial charge in [0.1, 0.15) is 16.7 Å². The summed E-state index contributed by atoms with van der Waals surface area (Å²) in [5.41, 5.74) is 7.99. The van der Waals surface area contributed by atoms with E-state index in [1.165, 1.54) is 6.92 Å². The second-order valence-corrected chi connectivity index (χ2v) is 6.60. The van der Waals surface area contributed by atoms with Gasteiger partial charge in [0, 0.05) is 11.8 Å². The highest BCUT2D eigenvalue weighted by Crippen LogP contribution is 2.25. The van der Waals surface area contributed by atoms with Crippen LogP contribution in [-0.2, 0) is 19.0 Å². The highest BCUT2D eigenvalue weighted by atomic mass is 79.9. The van der Waals surface area contributed by atoms with Crippen LogP contribution in [0.5, 0.6) is 0 Å². The molecule has 0 unspecified atom stereocenters. The minimum Gasteiger partial charge on any atom is -0.458 e. The van der Waals surface area contributed by atoms with Gasteiger partial charge in [-0.2, -0.15) is 0 Å². The summed E-state index contributed by atoms with van der Waals surface area (Å²) >= 11 is 3.22. The zero-order chi connectivity index (χ0) is 16.9. The summed E-state index contributed by atoms with van der Waals surface area (Å²) in [6.45, 7) is 6.45. The van der Waals surface area contributed by atoms with E-state index in [4.69, 9.17) is 19.7 Å². The molecule has 9 nitrogen and oxygen atoms in total. The molecule has 1 fully saturated rings. The lowest BCUT2D eigenvalue weighted by atomic mass is 10.0. The minimum absolute atomic E-state index is 0.0490. The fourth-order valence-electron chi connectivity index (χ4n) is 1.90. The molecule has 1 heterocycles. The number of hydrogen-bond donors (Lipinski definition) is 1. The average Bonchev–Trinajstić information content (AvgIpc) is 2.34. The Morgan fingerprint density at radius 2 is 2.09 bits per heavy atom. The summed E-state index contributed by atoms with van der Waals surface area (Å²) in [5.74, 6) is -0.530. The van der Waals surface area contributed by atoms with Crippen molar-refractivity contribution in [2.45, 2.75) is 56.5 Å². The SMILES string of the molecule is CC(=O)O[C@@H]1CO[C@H](Br)[C@H](N=[N+]=[N-])[C@H]1NC(=O)OC(C)(C)C. The summed E-state index contributed by atoms with van der Waals surface area (Å²) in [6, 6.07) is -1.57. The van der Waals surface area contributed by atoms with Gasteiger partial charge >= 0.3 is 12.1 Å². The van der Waals surface area contributed by atoms with Crippen LogP contribution in [0.25, 0.3) is 10.4 Å². The third-order valence-corrected chi connectivity index (χ3v) is 3.45. The Balaban J connectivity index is 2.92. The summed E-state index contributed by atoms with van der Waals surface area (Å²) < 4.78 is 15.6. The normalized spacial score (nSPS) is 28.2. The van der Waals surface area contributed by atoms with Crippen molar-refractivity contribution in [1.82, 2.24) is 5.32 Å². The van der Waals surface area contributed by atoms with Crippen LogP contribution in [0, 0.1) is 0 Å². The Morgan fingerprint density at radius 1 is 1.45 bits per heavy atom. The molecule has 1 rings (SSSR count). The van der Waals surface area contributed by atoms with Gasteiger partial charge in [0.25, 0.3) is 0 Å². The number of alkyl halides is 1. The van der Waals surface area contributed by atoms with E-state index < -0.39 is 40.9 Å². The highest BCUT2D eigenvalue weighted by molar-refractivity contribution is 9.09. The lowest BCUT2D eigenvalue weighted by Gasteiger charge is -2.38. The molecule has 0 aromatic rings. The number of alkyl carbamates (subject to hydrolysis) is 1. The Bertz CT molecular complexity index is 475. The van der Waals surface area contributed by atoms with Crippen LogP contribution >= 0.6 is 15.9 Å². The number of hydrogen-bond acceptors (Lipinski definition) is 6. The number of esters is 1. The van der Waals surface area contributed by atoms with Crippen LogP contribution in [-0.4, -0.2) is 47.5 Å². The maximum absolute atomic E-state index is 12.0. The van der Waals surface area contributed by atoms with Gasteiger partial charge in [-0.05, 0) is 26.3 Å². The van der Waals surface area contributed by atoms with E-state index in [-0.39, 0.29) is 6.61 Å². The molecule has 0 radical (unpaired) electrons. The van der Waals surface area contributed by atoms with E-state index in [1.807, 2.05) is 0 Å². The molecule has 1 saturated heterocycles. The standard InChI is InChI=1S/C12H19BrN4O5/c1-6(18)21-7-5-20-10(13)9(16-17-14)8(7)15-11(19)22-12(2,3)4/h7-10H,5H2,1-4H3,(H,15,19)/t7-,8+,9-,10+/m1/s1. The van der Waals surface area contributed by atoms with Crippen LogP contribution in [0.3, 0.4) is 0 Å². The van der Waals surface area contributed by atoms with Crippen molar-refractivity contribution in [2.24, 2.45) is 5.11 Å². The number of azide groups is 1. The fourth-order valence-corrected chi connectivity index (χ4v) is 2.49. The third-order valence-electron chi connectivity index (χ3n) is 2.64. The minimum atomic E-state index is -0.796. The fraction of sp³-hybridized carbons (Fsp3) is 0.833. The summed E-state index contributed by atoms with van der Waals surface area (Å²) in [6.07, 6.45) is -1.48. The van der Waals surface area contributed by atoms with Crippen LogP contribution < -0.4 is 5.32 Å². The highest BCUT2D eigenvalue weighted by Gasteiger charge is 2.42. The molecular formula is C12H19BrN4O5. The second-order valence-electron chi connectivity index (χ2n) is 5.70. The number of carbonyl (C=O) groups is 2. The molecule has 0 aromatic carbocycles. The Labute approximate surface area is 136 Å². The largest absolute Gasteiger partial charge is 0.458 e. The predicted octanol–water partition coefficient (Wildman–Crippen LogP) is 2.24. The van der Waals surface area contributed by atoms with E-state index in [9.17, 15) is 9.59 Å². The monoisotopic (exact) mass is 378 g/mol. The lowest BCUT2D eigenvalue weighted by Crippen LogP contribution is -2.60. The van der Waals surface area contributed by atoms with Crippen molar-refractivity contribution in [1.29, 1.82) is 0 Å². The predicted molar refractivity (Wildman–Crippen MR) is 80.3 cm³/mol. The van der Waals surface area contributed by atoms with Gasteiger partial charge in [0.05, 0.1) is 18.7 Å². The van der Waals surface area contributed by atoms with Crippen molar-refractivity contribution < 1.29 is 23.8 Å². The molecule has 124 valence electrons. The number of carbonyl (C=O) groups excluding carboxylic acids is 2. The van der Waals surface area contributed by atoms with Crippen LogP contribution in [0.1, 0.15) is 27.7 Å². The molecule has 1 N–H and O–H groups in total. The average molecular weight is 379 g/mol. The number of amides is 1. The lowest BCUT2D eigenvalue weighted by molar-refractivity contribution is -0.157. The number of ether oxygens (including phenoxy) is 3. The van der Waals surface area contributed by atoms with E-state index in [0.717, 1.165) is 0 Å². The van der Waals surface area contributed by atoms with Gasteiger partial charge in [-0.3, -0.25) is 4.79 Å². The smallest absolute Gasteiger partial charge is 0.408 e. The number of nitrogens with one attached hydrogen (secondary N) is 1. The maximum atomic E-state index is 12.0. The molecule has 10 heteroatoms. The molecular weight excluding hydrogens is 360 g/mol. The molecule has 1 aliphatic rings. The zero-order valence-corrected chi connectivity index (χ0v) is 14.4. The van der Waals surface area contributed by atoms with Crippen molar-refractivity contribution in [3.8, 4) is 0 Å².